The maximum Gasteiger partial charge on any atom is 0.280 e. The van der Waals surface area contributed by atoms with Crippen LogP contribution in [0.5, 0.6) is 11.5 Å². The fourth-order valence-electron chi connectivity index (χ4n) is 2.99. The van der Waals surface area contributed by atoms with Crippen LogP contribution >= 0.6 is 0 Å². The lowest BCUT2D eigenvalue weighted by Crippen LogP contribution is -2.26. The van der Waals surface area contributed by atoms with Crippen LogP contribution < -0.4 is 15.0 Å². The molecular weight excluding hydrogens is 388 g/mol. The summed E-state index contributed by atoms with van der Waals surface area (Å²) < 4.78 is 12.1. The van der Waals surface area contributed by atoms with Gasteiger partial charge in [-0.2, -0.15) is 4.68 Å². The third-order valence-corrected chi connectivity index (χ3v) is 4.55. The van der Waals surface area contributed by atoms with Gasteiger partial charge in [-0.15, -0.1) is 5.10 Å². The Kier molecular flexibility index (Phi) is 5.08. The van der Waals surface area contributed by atoms with Crippen molar-refractivity contribution in [2.75, 3.05) is 7.11 Å². The molecule has 1 aromatic heterocycles. The predicted octanol–water partition coefficient (Wildman–Crippen LogP) is 3.41. The molecule has 0 aliphatic rings. The lowest BCUT2D eigenvalue weighted by atomic mass is 10.0. The van der Waals surface area contributed by atoms with Gasteiger partial charge in [0.05, 0.1) is 17.4 Å². The van der Waals surface area contributed by atoms with Crippen molar-refractivity contribution in [3.63, 3.8) is 0 Å². The molecule has 0 radical (unpaired) electrons. The highest BCUT2D eigenvalue weighted by Gasteiger charge is 2.15. The summed E-state index contributed by atoms with van der Waals surface area (Å²) in [6, 6.07) is 18.2. The van der Waals surface area contributed by atoms with Crippen molar-refractivity contribution in [1.29, 1.82) is 0 Å². The maximum absolute atomic E-state index is 12.6. The lowest BCUT2D eigenvalue weighted by molar-refractivity contribution is -0.384. The van der Waals surface area contributed by atoms with Gasteiger partial charge in [-0.1, -0.05) is 29.5 Å². The van der Waals surface area contributed by atoms with Crippen molar-refractivity contribution in [2.24, 2.45) is 0 Å². The molecule has 0 spiro atoms. The molecule has 0 aliphatic carbocycles. The number of nitro groups is 1. The number of benzene rings is 3. The van der Waals surface area contributed by atoms with Crippen LogP contribution in [0.3, 0.4) is 0 Å². The van der Waals surface area contributed by atoms with Crippen molar-refractivity contribution in [3.05, 3.63) is 87.2 Å². The molecule has 4 rings (SSSR count). The van der Waals surface area contributed by atoms with Crippen molar-refractivity contribution >= 4 is 16.6 Å². The Hall–Kier alpha value is -4.27. The van der Waals surface area contributed by atoms with E-state index in [1.54, 1.807) is 55.6 Å². The minimum absolute atomic E-state index is 0.0733. The first-order valence-electron chi connectivity index (χ1n) is 8.95. The minimum atomic E-state index is -0.476. The monoisotopic (exact) mass is 404 g/mol. The van der Waals surface area contributed by atoms with E-state index in [0.29, 0.717) is 33.5 Å². The number of aromatic nitrogens is 3. The van der Waals surface area contributed by atoms with Gasteiger partial charge < -0.3 is 9.47 Å². The number of methoxy groups -OCH3 is 1. The molecule has 0 unspecified atom stereocenters. The molecule has 0 bridgehead atoms. The maximum atomic E-state index is 12.6. The van der Waals surface area contributed by atoms with Gasteiger partial charge in [-0.25, -0.2) is 0 Å². The Morgan fingerprint density at radius 3 is 2.57 bits per heavy atom. The highest BCUT2D eigenvalue weighted by atomic mass is 16.6. The normalized spacial score (nSPS) is 10.7. The number of hydrogen-bond donors (Lipinski definition) is 0. The molecule has 4 aromatic rings. The summed E-state index contributed by atoms with van der Waals surface area (Å²) >= 11 is 0. The highest BCUT2D eigenvalue weighted by Crippen LogP contribution is 2.34. The van der Waals surface area contributed by atoms with Crippen LogP contribution in [0.15, 0.2) is 71.5 Å². The molecule has 0 saturated heterocycles. The van der Waals surface area contributed by atoms with E-state index in [-0.39, 0.29) is 18.0 Å². The zero-order valence-corrected chi connectivity index (χ0v) is 15.9. The standard InChI is InChI=1S/C21H16N4O5/c1-29-16-9-6-14(7-10-16)18-12-15(25(27)28)8-11-20(18)30-13-24-21(26)17-4-2-3-5-19(17)22-23-24/h2-12H,13H2,1H3. The van der Waals surface area contributed by atoms with E-state index in [1.165, 1.54) is 18.2 Å². The van der Waals surface area contributed by atoms with Crippen LogP contribution in [-0.2, 0) is 6.73 Å². The Labute approximate surface area is 170 Å². The van der Waals surface area contributed by atoms with Gasteiger partial charge in [0.25, 0.3) is 11.2 Å². The summed E-state index contributed by atoms with van der Waals surface area (Å²) in [6.07, 6.45) is 0. The summed E-state index contributed by atoms with van der Waals surface area (Å²) in [6.45, 7) is -0.197. The van der Waals surface area contributed by atoms with Gasteiger partial charge >= 0.3 is 0 Å². The van der Waals surface area contributed by atoms with Gasteiger partial charge in [-0.05, 0) is 35.9 Å². The van der Waals surface area contributed by atoms with Gasteiger partial charge in [0.1, 0.15) is 17.0 Å². The second-order valence-corrected chi connectivity index (χ2v) is 6.35. The quantitative estimate of drug-likeness (QED) is 0.358. The van der Waals surface area contributed by atoms with E-state index in [1.807, 2.05) is 0 Å². The number of hydrogen-bond acceptors (Lipinski definition) is 7. The number of ether oxygens (including phenoxy) is 2. The third kappa shape index (κ3) is 3.68. The molecule has 0 fully saturated rings. The zero-order chi connectivity index (χ0) is 21.1. The molecule has 0 N–H and O–H groups in total. The summed E-state index contributed by atoms with van der Waals surface area (Å²) in [5.41, 5.74) is 1.29. The predicted molar refractivity (Wildman–Crippen MR) is 110 cm³/mol. The summed E-state index contributed by atoms with van der Waals surface area (Å²) in [5.74, 6) is 1.03. The minimum Gasteiger partial charge on any atom is -0.497 e. The molecule has 3 aromatic carbocycles. The molecule has 0 atom stereocenters. The van der Waals surface area contributed by atoms with Crippen LogP contribution in [0.4, 0.5) is 5.69 Å². The van der Waals surface area contributed by atoms with Gasteiger partial charge in [-0.3, -0.25) is 14.9 Å². The fourth-order valence-corrected chi connectivity index (χ4v) is 2.99. The van der Waals surface area contributed by atoms with E-state index in [4.69, 9.17) is 9.47 Å². The van der Waals surface area contributed by atoms with Crippen LogP contribution in [-0.4, -0.2) is 27.0 Å². The molecule has 0 amide bonds. The van der Waals surface area contributed by atoms with E-state index in [9.17, 15) is 14.9 Å². The Bertz CT molecular complexity index is 1280. The number of nitrogens with zero attached hydrogens (tertiary/aromatic N) is 4. The van der Waals surface area contributed by atoms with Crippen molar-refractivity contribution in [1.82, 2.24) is 15.0 Å². The number of nitro benzene ring substituents is 1. The summed E-state index contributed by atoms with van der Waals surface area (Å²) in [4.78, 5) is 23.3. The van der Waals surface area contributed by atoms with Gasteiger partial charge in [0, 0.05) is 17.7 Å². The molecule has 0 saturated carbocycles. The van der Waals surface area contributed by atoms with E-state index in [0.717, 1.165) is 4.68 Å². The second kappa shape index (κ2) is 8.00. The van der Waals surface area contributed by atoms with Gasteiger partial charge in [0.15, 0.2) is 6.73 Å². The molecular formula is C21H16N4O5. The number of non-ortho nitro benzene ring substituents is 1. The third-order valence-electron chi connectivity index (χ3n) is 4.55. The van der Waals surface area contributed by atoms with Crippen LogP contribution in [0.25, 0.3) is 22.0 Å². The Morgan fingerprint density at radius 2 is 1.83 bits per heavy atom. The van der Waals surface area contributed by atoms with Crippen LogP contribution in [0.1, 0.15) is 0 Å². The highest BCUT2D eigenvalue weighted by molar-refractivity contribution is 5.76. The first-order valence-corrected chi connectivity index (χ1v) is 8.95. The lowest BCUT2D eigenvalue weighted by Gasteiger charge is -2.13. The fraction of sp³-hybridized carbons (Fsp3) is 0.0952. The largest absolute Gasteiger partial charge is 0.497 e. The molecule has 9 heteroatoms. The Morgan fingerprint density at radius 1 is 1.07 bits per heavy atom. The molecule has 30 heavy (non-hydrogen) atoms. The average Bonchev–Trinajstić information content (AvgIpc) is 2.79. The van der Waals surface area contributed by atoms with Crippen molar-refractivity contribution in [3.8, 4) is 22.6 Å². The zero-order valence-electron chi connectivity index (χ0n) is 15.9. The van der Waals surface area contributed by atoms with Gasteiger partial charge in [0.2, 0.25) is 0 Å². The average molecular weight is 404 g/mol. The van der Waals surface area contributed by atoms with E-state index in [2.05, 4.69) is 10.3 Å². The summed E-state index contributed by atoms with van der Waals surface area (Å²) in [5, 5.41) is 19.6. The van der Waals surface area contributed by atoms with E-state index >= 15 is 0 Å². The van der Waals surface area contributed by atoms with Crippen LogP contribution in [0, 0.1) is 10.1 Å². The second-order valence-electron chi connectivity index (χ2n) is 6.35. The molecule has 1 heterocycles. The van der Waals surface area contributed by atoms with Crippen molar-refractivity contribution < 1.29 is 14.4 Å². The number of rotatable bonds is 6. The Balaban J connectivity index is 1.69. The van der Waals surface area contributed by atoms with Crippen LogP contribution in [0.2, 0.25) is 0 Å². The number of fused-ring (bicyclic) bond motifs is 1. The smallest absolute Gasteiger partial charge is 0.280 e. The first kappa shape index (κ1) is 19.1. The molecule has 150 valence electrons. The summed E-state index contributed by atoms with van der Waals surface area (Å²) in [7, 11) is 1.55. The van der Waals surface area contributed by atoms with E-state index < -0.39 is 4.92 Å². The van der Waals surface area contributed by atoms with Crippen molar-refractivity contribution in [2.45, 2.75) is 6.73 Å². The first-order chi connectivity index (χ1) is 14.6. The SMILES string of the molecule is COc1ccc(-c2cc([N+](=O)[O-])ccc2OCn2nnc3ccccc3c2=O)cc1. The molecule has 0 aliphatic heterocycles. The topological polar surface area (TPSA) is 109 Å². The molecule has 9 nitrogen and oxygen atoms in total.